The summed E-state index contributed by atoms with van der Waals surface area (Å²) in [5.74, 6) is -0.488. The third-order valence-corrected chi connectivity index (χ3v) is 2.90. The monoisotopic (exact) mass is 232 g/mol. The zero-order valence-corrected chi connectivity index (χ0v) is 9.22. The number of hydrogen-bond acceptors (Lipinski definition) is 3. The Balaban J connectivity index is 2.06. The Kier molecular flexibility index (Phi) is 3.18. The highest BCUT2D eigenvalue weighted by Gasteiger charge is 2.02. The van der Waals surface area contributed by atoms with Gasteiger partial charge in [-0.3, -0.25) is 0 Å². The smallest absolute Gasteiger partial charge is 0.143 e. The Morgan fingerprint density at radius 1 is 1.38 bits per heavy atom. The number of anilines is 1. The Morgan fingerprint density at radius 3 is 2.88 bits per heavy atom. The predicted molar refractivity (Wildman–Crippen MR) is 62.8 cm³/mol. The molecule has 80 valence electrons. The fourth-order valence-electron chi connectivity index (χ4n) is 1.31. The first-order valence-corrected chi connectivity index (χ1v) is 5.68. The van der Waals surface area contributed by atoms with Crippen LogP contribution in [0.2, 0.25) is 0 Å². The van der Waals surface area contributed by atoms with Crippen molar-refractivity contribution in [1.29, 1.82) is 5.26 Å². The number of rotatable bonds is 3. The first-order chi connectivity index (χ1) is 7.79. The van der Waals surface area contributed by atoms with Crippen LogP contribution in [0.4, 0.5) is 10.1 Å². The Hall–Kier alpha value is -1.86. The molecule has 0 saturated carbocycles. The van der Waals surface area contributed by atoms with E-state index in [1.54, 1.807) is 23.5 Å². The van der Waals surface area contributed by atoms with Gasteiger partial charge in [0, 0.05) is 12.2 Å². The van der Waals surface area contributed by atoms with Gasteiger partial charge >= 0.3 is 0 Å². The lowest BCUT2D eigenvalue weighted by Crippen LogP contribution is -1.98. The van der Waals surface area contributed by atoms with Gasteiger partial charge in [-0.25, -0.2) is 4.39 Å². The molecule has 0 fully saturated rings. The number of nitrogens with one attached hydrogen (secondary N) is 1. The summed E-state index contributed by atoms with van der Waals surface area (Å²) in [6.45, 7) is 0.662. The van der Waals surface area contributed by atoms with Gasteiger partial charge in [0.2, 0.25) is 0 Å². The first kappa shape index (κ1) is 10.7. The number of nitrogens with zero attached hydrogens (tertiary/aromatic N) is 1. The highest BCUT2D eigenvalue weighted by molar-refractivity contribution is 7.07. The molecule has 2 aromatic rings. The highest BCUT2D eigenvalue weighted by atomic mass is 32.1. The maximum Gasteiger partial charge on any atom is 0.143 e. The van der Waals surface area contributed by atoms with Gasteiger partial charge in [-0.2, -0.15) is 16.6 Å². The zero-order chi connectivity index (χ0) is 11.4. The normalized spacial score (nSPS) is 9.75. The second-order valence-corrected chi connectivity index (χ2v) is 4.07. The van der Waals surface area contributed by atoms with Crippen LogP contribution in [0.25, 0.3) is 0 Å². The number of hydrogen-bond donors (Lipinski definition) is 1. The van der Waals surface area contributed by atoms with E-state index in [0.717, 1.165) is 5.56 Å². The molecule has 1 N–H and O–H groups in total. The molecule has 4 heteroatoms. The molecule has 0 radical (unpaired) electrons. The van der Waals surface area contributed by atoms with Crippen molar-refractivity contribution >= 4 is 17.0 Å². The van der Waals surface area contributed by atoms with E-state index in [1.807, 2.05) is 16.8 Å². The van der Waals surface area contributed by atoms with Crippen molar-refractivity contribution in [1.82, 2.24) is 0 Å². The van der Waals surface area contributed by atoms with Crippen LogP contribution in [-0.2, 0) is 6.54 Å². The lowest BCUT2D eigenvalue weighted by molar-refractivity contribution is 0.624. The van der Waals surface area contributed by atoms with Crippen LogP contribution in [-0.4, -0.2) is 0 Å². The van der Waals surface area contributed by atoms with Crippen molar-refractivity contribution in [2.24, 2.45) is 0 Å². The van der Waals surface area contributed by atoms with Crippen LogP contribution in [0.5, 0.6) is 0 Å². The molecule has 16 heavy (non-hydrogen) atoms. The van der Waals surface area contributed by atoms with E-state index in [4.69, 9.17) is 5.26 Å². The summed E-state index contributed by atoms with van der Waals surface area (Å²) in [7, 11) is 0. The SMILES string of the molecule is N#Cc1ccc(NCc2ccsc2)cc1F. The molecule has 1 aromatic carbocycles. The maximum atomic E-state index is 13.3. The summed E-state index contributed by atoms with van der Waals surface area (Å²) in [5.41, 5.74) is 1.92. The molecule has 0 aliphatic heterocycles. The van der Waals surface area contributed by atoms with E-state index < -0.39 is 5.82 Å². The molecule has 0 atom stereocenters. The third-order valence-electron chi connectivity index (χ3n) is 2.17. The summed E-state index contributed by atoms with van der Waals surface area (Å²) in [5, 5.41) is 15.7. The predicted octanol–water partition coefficient (Wildman–Crippen LogP) is 3.37. The average molecular weight is 232 g/mol. The number of halogens is 1. The molecule has 2 rings (SSSR count). The van der Waals surface area contributed by atoms with Crippen molar-refractivity contribution in [3.8, 4) is 6.07 Å². The Morgan fingerprint density at radius 2 is 2.25 bits per heavy atom. The summed E-state index contributed by atoms with van der Waals surface area (Å²) >= 11 is 1.63. The summed E-state index contributed by atoms with van der Waals surface area (Å²) in [4.78, 5) is 0. The topological polar surface area (TPSA) is 35.8 Å². The summed E-state index contributed by atoms with van der Waals surface area (Å²) in [6.07, 6.45) is 0. The van der Waals surface area contributed by atoms with Crippen LogP contribution in [0.3, 0.4) is 0 Å². The molecular formula is C12H9FN2S. The third kappa shape index (κ3) is 2.38. The van der Waals surface area contributed by atoms with E-state index in [0.29, 0.717) is 12.2 Å². The van der Waals surface area contributed by atoms with Gasteiger partial charge in [-0.05, 0) is 40.6 Å². The minimum absolute atomic E-state index is 0.0704. The van der Waals surface area contributed by atoms with Gasteiger partial charge in [0.25, 0.3) is 0 Å². The van der Waals surface area contributed by atoms with Gasteiger partial charge in [0.15, 0.2) is 0 Å². The van der Waals surface area contributed by atoms with Gasteiger partial charge in [0.05, 0.1) is 5.56 Å². The van der Waals surface area contributed by atoms with Crippen molar-refractivity contribution < 1.29 is 4.39 Å². The number of benzene rings is 1. The fourth-order valence-corrected chi connectivity index (χ4v) is 1.98. The van der Waals surface area contributed by atoms with E-state index in [9.17, 15) is 4.39 Å². The maximum absolute atomic E-state index is 13.3. The van der Waals surface area contributed by atoms with E-state index >= 15 is 0 Å². The molecule has 0 bridgehead atoms. The molecular weight excluding hydrogens is 223 g/mol. The minimum Gasteiger partial charge on any atom is -0.381 e. The quantitative estimate of drug-likeness (QED) is 0.880. The van der Waals surface area contributed by atoms with Gasteiger partial charge in [-0.15, -0.1) is 0 Å². The van der Waals surface area contributed by atoms with Gasteiger partial charge < -0.3 is 5.32 Å². The average Bonchev–Trinajstić information content (AvgIpc) is 2.79. The van der Waals surface area contributed by atoms with Crippen molar-refractivity contribution in [2.45, 2.75) is 6.54 Å². The molecule has 0 saturated heterocycles. The fraction of sp³-hybridized carbons (Fsp3) is 0.0833. The molecule has 0 spiro atoms. The second kappa shape index (κ2) is 4.77. The van der Waals surface area contributed by atoms with Crippen LogP contribution in [0.1, 0.15) is 11.1 Å². The van der Waals surface area contributed by atoms with Crippen LogP contribution in [0.15, 0.2) is 35.0 Å². The zero-order valence-electron chi connectivity index (χ0n) is 8.40. The molecule has 0 aliphatic rings. The first-order valence-electron chi connectivity index (χ1n) is 4.74. The number of nitriles is 1. The van der Waals surface area contributed by atoms with Crippen molar-refractivity contribution in [2.75, 3.05) is 5.32 Å². The number of thiophene rings is 1. The molecule has 2 nitrogen and oxygen atoms in total. The molecule has 1 aromatic heterocycles. The second-order valence-electron chi connectivity index (χ2n) is 3.29. The van der Waals surface area contributed by atoms with E-state index in [2.05, 4.69) is 5.32 Å². The van der Waals surface area contributed by atoms with E-state index in [-0.39, 0.29) is 5.56 Å². The lowest BCUT2D eigenvalue weighted by Gasteiger charge is -2.05. The largest absolute Gasteiger partial charge is 0.381 e. The lowest BCUT2D eigenvalue weighted by atomic mass is 10.2. The van der Waals surface area contributed by atoms with Crippen molar-refractivity contribution in [3.05, 3.63) is 52.0 Å². The van der Waals surface area contributed by atoms with Crippen LogP contribution >= 0.6 is 11.3 Å². The summed E-state index contributed by atoms with van der Waals surface area (Å²) < 4.78 is 13.3. The van der Waals surface area contributed by atoms with Crippen molar-refractivity contribution in [3.63, 3.8) is 0 Å². The molecule has 0 aliphatic carbocycles. The Bertz CT molecular complexity index is 514. The van der Waals surface area contributed by atoms with E-state index in [1.165, 1.54) is 12.1 Å². The Labute approximate surface area is 97.0 Å². The standard InChI is InChI=1S/C12H9FN2S/c13-12-5-11(2-1-10(12)6-14)15-7-9-3-4-16-8-9/h1-5,8,15H,7H2. The summed E-state index contributed by atoms with van der Waals surface area (Å²) in [6, 6.07) is 8.32. The van der Waals surface area contributed by atoms with Crippen LogP contribution < -0.4 is 5.32 Å². The van der Waals surface area contributed by atoms with Gasteiger partial charge in [-0.1, -0.05) is 0 Å². The van der Waals surface area contributed by atoms with Crippen LogP contribution in [0, 0.1) is 17.1 Å². The van der Waals surface area contributed by atoms with Gasteiger partial charge in [0.1, 0.15) is 11.9 Å². The highest BCUT2D eigenvalue weighted by Crippen LogP contribution is 2.15. The minimum atomic E-state index is -0.488. The molecule has 0 amide bonds. The molecule has 0 unspecified atom stereocenters. The molecule has 1 heterocycles.